The van der Waals surface area contributed by atoms with Gasteiger partial charge in [0.15, 0.2) is 5.96 Å². The van der Waals surface area contributed by atoms with Crippen molar-refractivity contribution in [2.45, 2.75) is 39.7 Å². The lowest BCUT2D eigenvalue weighted by atomic mass is 10.1. The van der Waals surface area contributed by atoms with E-state index in [2.05, 4.69) is 21.7 Å². The van der Waals surface area contributed by atoms with Crippen molar-refractivity contribution in [3.05, 3.63) is 29.8 Å². The lowest BCUT2D eigenvalue weighted by Gasteiger charge is -2.17. The van der Waals surface area contributed by atoms with Gasteiger partial charge in [-0.25, -0.2) is 8.42 Å². The Hall–Kier alpha value is -1.03. The van der Waals surface area contributed by atoms with Crippen molar-refractivity contribution in [1.29, 1.82) is 0 Å². The molecule has 0 aliphatic heterocycles. The summed E-state index contributed by atoms with van der Waals surface area (Å²) < 4.78 is 28.2. The third kappa shape index (κ3) is 10.8. The Morgan fingerprint density at radius 1 is 1.27 bits per heavy atom. The molecule has 1 rings (SSSR count). The van der Waals surface area contributed by atoms with Crippen molar-refractivity contribution in [3.8, 4) is 5.75 Å². The number of nitrogens with zero attached hydrogens (tertiary/aromatic N) is 1. The van der Waals surface area contributed by atoms with Gasteiger partial charge in [-0.15, -0.1) is 24.0 Å². The maximum absolute atomic E-state index is 11.3. The van der Waals surface area contributed by atoms with Crippen molar-refractivity contribution >= 4 is 39.8 Å². The monoisotopic (exact) mass is 497 g/mol. The molecule has 0 radical (unpaired) electrons. The Bertz CT molecular complexity index is 651. The summed E-state index contributed by atoms with van der Waals surface area (Å²) in [5.41, 5.74) is 1.13. The fourth-order valence-electron chi connectivity index (χ4n) is 2.31. The molecule has 6 nitrogen and oxygen atoms in total. The molecule has 1 atom stereocenters. The summed E-state index contributed by atoms with van der Waals surface area (Å²) in [4.78, 5) is 4.58. The highest BCUT2D eigenvalue weighted by Gasteiger charge is 2.09. The van der Waals surface area contributed by atoms with E-state index in [1.807, 2.05) is 39.0 Å². The number of ether oxygens (including phenoxy) is 1. The fourth-order valence-corrected chi connectivity index (χ4v) is 3.09. The van der Waals surface area contributed by atoms with E-state index >= 15 is 0 Å². The first-order chi connectivity index (χ1) is 11.9. The molecule has 0 fully saturated rings. The molecule has 8 heteroatoms. The molecule has 0 saturated carbocycles. The van der Waals surface area contributed by atoms with Crippen LogP contribution in [0.2, 0.25) is 0 Å². The number of guanidine groups is 1. The summed E-state index contributed by atoms with van der Waals surface area (Å²) in [6.07, 6.45) is 2.59. The lowest BCUT2D eigenvalue weighted by molar-refractivity contribution is 0.336. The zero-order valence-corrected chi connectivity index (χ0v) is 19.3. The molecule has 1 unspecified atom stereocenters. The van der Waals surface area contributed by atoms with Gasteiger partial charge in [-0.2, -0.15) is 0 Å². The van der Waals surface area contributed by atoms with Crippen LogP contribution in [-0.2, 0) is 16.3 Å². The van der Waals surface area contributed by atoms with Gasteiger partial charge in [-0.05, 0) is 45.2 Å². The van der Waals surface area contributed by atoms with E-state index in [0.717, 1.165) is 24.3 Å². The number of sulfone groups is 1. The molecule has 0 heterocycles. The van der Waals surface area contributed by atoms with Gasteiger partial charge in [-0.3, -0.25) is 4.99 Å². The molecule has 0 aliphatic carbocycles. The summed E-state index contributed by atoms with van der Waals surface area (Å²) in [5.74, 6) is 1.78. The predicted molar refractivity (Wildman–Crippen MR) is 120 cm³/mol. The molecule has 0 aliphatic rings. The van der Waals surface area contributed by atoms with Crippen molar-refractivity contribution in [2.24, 2.45) is 4.99 Å². The van der Waals surface area contributed by atoms with Crippen LogP contribution in [0.5, 0.6) is 5.75 Å². The van der Waals surface area contributed by atoms with Gasteiger partial charge < -0.3 is 15.4 Å². The minimum Gasteiger partial charge on any atom is -0.494 e. The number of hydrogen-bond acceptors (Lipinski definition) is 4. The first-order valence-corrected chi connectivity index (χ1v) is 10.8. The number of benzene rings is 1. The number of aliphatic imine (C=N–C) groups is 1. The van der Waals surface area contributed by atoms with E-state index in [0.29, 0.717) is 25.5 Å². The smallest absolute Gasteiger partial charge is 0.191 e. The molecular formula is C18H32IN3O3S. The highest BCUT2D eigenvalue weighted by atomic mass is 127. The van der Waals surface area contributed by atoms with Crippen molar-refractivity contribution < 1.29 is 13.2 Å². The van der Waals surface area contributed by atoms with Crippen molar-refractivity contribution in [1.82, 2.24) is 10.6 Å². The van der Waals surface area contributed by atoms with E-state index in [9.17, 15) is 8.42 Å². The zero-order valence-electron chi connectivity index (χ0n) is 16.1. The van der Waals surface area contributed by atoms with Gasteiger partial charge in [0.05, 0.1) is 12.4 Å². The van der Waals surface area contributed by atoms with Gasteiger partial charge in [0.2, 0.25) is 0 Å². The Kier molecular flexibility index (Phi) is 12.7. The van der Waals surface area contributed by atoms with Crippen LogP contribution in [-0.4, -0.2) is 52.1 Å². The van der Waals surface area contributed by atoms with Crippen LogP contribution in [0.1, 0.15) is 32.8 Å². The number of halogens is 1. The standard InChI is InChI=1S/C18H31N3O3S.HI/c1-5-19-18(21-15(3)12-14-25(4,22)23)20-13-11-16-9-7-8-10-17(16)24-6-2;/h7-10,15H,5-6,11-14H2,1-4H3,(H2,19,20,21);1H. The second-order valence-electron chi connectivity index (χ2n) is 6.02. The lowest BCUT2D eigenvalue weighted by Crippen LogP contribution is -2.43. The highest BCUT2D eigenvalue weighted by molar-refractivity contribution is 14.0. The molecule has 0 spiro atoms. The molecular weight excluding hydrogens is 465 g/mol. The molecule has 0 bridgehead atoms. The third-order valence-electron chi connectivity index (χ3n) is 3.57. The number of hydrogen-bond donors (Lipinski definition) is 2. The SMILES string of the molecule is CCNC(=NCCc1ccccc1OCC)NC(C)CCS(C)(=O)=O.I. The van der Waals surface area contributed by atoms with Gasteiger partial charge in [0.1, 0.15) is 15.6 Å². The van der Waals surface area contributed by atoms with Crippen LogP contribution in [0.15, 0.2) is 29.3 Å². The van der Waals surface area contributed by atoms with Crippen LogP contribution < -0.4 is 15.4 Å². The second-order valence-corrected chi connectivity index (χ2v) is 8.28. The normalized spacial score (nSPS) is 12.8. The molecule has 150 valence electrons. The van der Waals surface area contributed by atoms with Crippen LogP contribution in [0.3, 0.4) is 0 Å². The quantitative estimate of drug-likeness (QED) is 0.295. The van der Waals surface area contributed by atoms with E-state index in [4.69, 9.17) is 4.74 Å². The average Bonchev–Trinajstić information content (AvgIpc) is 2.54. The molecule has 1 aromatic rings. The van der Waals surface area contributed by atoms with Gasteiger partial charge in [0.25, 0.3) is 0 Å². The van der Waals surface area contributed by atoms with E-state index < -0.39 is 9.84 Å². The maximum atomic E-state index is 11.3. The minimum absolute atomic E-state index is 0. The Morgan fingerprint density at radius 2 is 1.96 bits per heavy atom. The predicted octanol–water partition coefficient (Wildman–Crippen LogP) is 2.62. The van der Waals surface area contributed by atoms with Crippen LogP contribution in [0.25, 0.3) is 0 Å². The van der Waals surface area contributed by atoms with Crippen LogP contribution in [0, 0.1) is 0 Å². The number of nitrogens with one attached hydrogen (secondary N) is 2. The first kappa shape index (κ1) is 25.0. The topological polar surface area (TPSA) is 79.8 Å². The van der Waals surface area contributed by atoms with E-state index in [1.54, 1.807) is 0 Å². The molecule has 2 N–H and O–H groups in total. The zero-order chi connectivity index (χ0) is 18.7. The van der Waals surface area contributed by atoms with Crippen molar-refractivity contribution in [2.75, 3.05) is 31.7 Å². The van der Waals surface area contributed by atoms with Crippen LogP contribution >= 0.6 is 24.0 Å². The minimum atomic E-state index is -2.94. The highest BCUT2D eigenvalue weighted by Crippen LogP contribution is 2.18. The first-order valence-electron chi connectivity index (χ1n) is 8.79. The number of rotatable bonds is 10. The molecule has 0 aromatic heterocycles. The summed E-state index contributed by atoms with van der Waals surface area (Å²) in [6.45, 7) is 7.95. The largest absolute Gasteiger partial charge is 0.494 e. The molecule has 0 amide bonds. The summed E-state index contributed by atoms with van der Waals surface area (Å²) in [7, 11) is -2.94. The molecule has 1 aromatic carbocycles. The Balaban J connectivity index is 0.00000625. The summed E-state index contributed by atoms with van der Waals surface area (Å²) in [5, 5.41) is 6.45. The second kappa shape index (κ2) is 13.2. The van der Waals surface area contributed by atoms with E-state index in [-0.39, 0.29) is 35.8 Å². The summed E-state index contributed by atoms with van der Waals surface area (Å²) >= 11 is 0. The van der Waals surface area contributed by atoms with Gasteiger partial charge >= 0.3 is 0 Å². The Morgan fingerprint density at radius 3 is 2.58 bits per heavy atom. The van der Waals surface area contributed by atoms with Crippen LogP contribution in [0.4, 0.5) is 0 Å². The van der Waals surface area contributed by atoms with Gasteiger partial charge in [-0.1, -0.05) is 18.2 Å². The van der Waals surface area contributed by atoms with Crippen molar-refractivity contribution in [3.63, 3.8) is 0 Å². The molecule has 0 saturated heterocycles. The third-order valence-corrected chi connectivity index (χ3v) is 4.55. The number of para-hydroxylation sites is 1. The van der Waals surface area contributed by atoms with Gasteiger partial charge in [0, 0.05) is 25.4 Å². The maximum Gasteiger partial charge on any atom is 0.191 e. The van der Waals surface area contributed by atoms with E-state index in [1.165, 1.54) is 6.26 Å². The fraction of sp³-hybridized carbons (Fsp3) is 0.611. The summed E-state index contributed by atoms with van der Waals surface area (Å²) in [6, 6.07) is 8.02. The molecule has 26 heavy (non-hydrogen) atoms. The Labute approximate surface area is 175 Å². The average molecular weight is 497 g/mol.